The van der Waals surface area contributed by atoms with Gasteiger partial charge in [0.1, 0.15) is 11.4 Å². The van der Waals surface area contributed by atoms with Crippen molar-refractivity contribution in [3.05, 3.63) is 29.3 Å². The maximum atomic E-state index is 11.8. The number of alkyl carbamates (subject to hydrolysis) is 1. The summed E-state index contributed by atoms with van der Waals surface area (Å²) in [6.07, 6.45) is 1.49. The number of phenolic OH excluding ortho intramolecular Hbond substituents is 1. The zero-order valence-corrected chi connectivity index (χ0v) is 14.6. The van der Waals surface area contributed by atoms with Crippen LogP contribution in [0.1, 0.15) is 44.7 Å². The number of nitrogens with one attached hydrogen (secondary N) is 1. The van der Waals surface area contributed by atoms with E-state index in [1.54, 1.807) is 0 Å². The van der Waals surface area contributed by atoms with Crippen molar-refractivity contribution >= 4 is 6.09 Å². The van der Waals surface area contributed by atoms with Crippen LogP contribution in [0, 0.1) is 6.92 Å². The van der Waals surface area contributed by atoms with Gasteiger partial charge in [0.05, 0.1) is 0 Å². The highest BCUT2D eigenvalue weighted by Gasteiger charge is 2.23. The Morgan fingerprint density at radius 3 is 2.57 bits per heavy atom. The van der Waals surface area contributed by atoms with Crippen LogP contribution in [0.2, 0.25) is 0 Å². The summed E-state index contributed by atoms with van der Waals surface area (Å²) in [6, 6.07) is 6.01. The molecule has 0 saturated carbocycles. The smallest absolute Gasteiger partial charge is 0.407 e. The lowest BCUT2D eigenvalue weighted by Gasteiger charge is -2.32. The minimum atomic E-state index is -0.460. The maximum absolute atomic E-state index is 11.8. The molecule has 1 aromatic carbocycles. The number of rotatable bonds is 3. The standard InChI is InChI=1S/C18H28N2O3/c1-13-5-6-14(11-16(13)21)12-20-9-7-15(8-10-20)19-17(22)23-18(2,3)4/h5-6,11,15,21H,7-10,12H2,1-4H3,(H,19,22). The van der Waals surface area contributed by atoms with E-state index in [1.165, 1.54) is 0 Å². The van der Waals surface area contributed by atoms with Crippen LogP contribution in [0.4, 0.5) is 4.79 Å². The summed E-state index contributed by atoms with van der Waals surface area (Å²) in [5, 5.41) is 12.7. The second-order valence-electron chi connectivity index (χ2n) is 7.32. The summed E-state index contributed by atoms with van der Waals surface area (Å²) in [6.45, 7) is 10.2. The molecule has 1 aromatic rings. The molecule has 1 aliphatic rings. The summed E-state index contributed by atoms with van der Waals surface area (Å²) in [7, 11) is 0. The molecular formula is C18H28N2O3. The highest BCUT2D eigenvalue weighted by molar-refractivity contribution is 5.68. The van der Waals surface area contributed by atoms with Crippen molar-refractivity contribution in [3.63, 3.8) is 0 Å². The van der Waals surface area contributed by atoms with Gasteiger partial charge in [-0.15, -0.1) is 0 Å². The number of benzene rings is 1. The normalized spacial score (nSPS) is 17.0. The third-order valence-electron chi connectivity index (χ3n) is 3.99. The predicted molar refractivity (Wildman–Crippen MR) is 90.5 cm³/mol. The Morgan fingerprint density at radius 1 is 1.35 bits per heavy atom. The van der Waals surface area contributed by atoms with Crippen molar-refractivity contribution in [3.8, 4) is 5.75 Å². The van der Waals surface area contributed by atoms with Crippen molar-refractivity contribution in [2.75, 3.05) is 13.1 Å². The molecule has 1 amide bonds. The molecule has 0 bridgehead atoms. The highest BCUT2D eigenvalue weighted by Crippen LogP contribution is 2.20. The van der Waals surface area contributed by atoms with Crippen LogP contribution < -0.4 is 5.32 Å². The molecule has 0 unspecified atom stereocenters. The largest absolute Gasteiger partial charge is 0.508 e. The summed E-state index contributed by atoms with van der Waals surface area (Å²) in [5.41, 5.74) is 1.55. The SMILES string of the molecule is Cc1ccc(CN2CCC(NC(=O)OC(C)(C)C)CC2)cc1O. The monoisotopic (exact) mass is 320 g/mol. The molecule has 1 fully saturated rings. The van der Waals surface area contributed by atoms with E-state index >= 15 is 0 Å². The molecule has 128 valence electrons. The quantitative estimate of drug-likeness (QED) is 0.898. The van der Waals surface area contributed by atoms with Crippen molar-refractivity contribution < 1.29 is 14.6 Å². The molecule has 5 nitrogen and oxygen atoms in total. The third kappa shape index (κ3) is 5.75. The van der Waals surface area contributed by atoms with Gasteiger partial charge in [-0.3, -0.25) is 4.90 Å². The van der Waals surface area contributed by atoms with E-state index in [0.717, 1.165) is 43.6 Å². The van der Waals surface area contributed by atoms with Crippen LogP contribution in [-0.4, -0.2) is 40.8 Å². The summed E-state index contributed by atoms with van der Waals surface area (Å²) >= 11 is 0. The van der Waals surface area contributed by atoms with E-state index in [-0.39, 0.29) is 12.1 Å². The van der Waals surface area contributed by atoms with E-state index in [9.17, 15) is 9.90 Å². The van der Waals surface area contributed by atoms with E-state index in [4.69, 9.17) is 4.74 Å². The lowest BCUT2D eigenvalue weighted by molar-refractivity contribution is 0.0477. The zero-order chi connectivity index (χ0) is 17.0. The predicted octanol–water partition coefficient (Wildman–Crippen LogP) is 3.19. The molecule has 0 atom stereocenters. The number of nitrogens with zero attached hydrogens (tertiary/aromatic N) is 1. The Balaban J connectivity index is 1.77. The number of carbonyl (C=O) groups is 1. The first-order valence-electron chi connectivity index (χ1n) is 8.23. The number of aryl methyl sites for hydroxylation is 1. The topological polar surface area (TPSA) is 61.8 Å². The number of hydrogen-bond acceptors (Lipinski definition) is 4. The molecule has 0 spiro atoms. The number of phenols is 1. The molecule has 5 heteroatoms. The van der Waals surface area contributed by atoms with Crippen molar-refractivity contribution in [1.82, 2.24) is 10.2 Å². The Bertz CT molecular complexity index is 544. The van der Waals surface area contributed by atoms with Crippen LogP contribution in [-0.2, 0) is 11.3 Å². The van der Waals surface area contributed by atoms with E-state index in [2.05, 4.69) is 16.3 Å². The molecular weight excluding hydrogens is 292 g/mol. The summed E-state index contributed by atoms with van der Waals surface area (Å²) in [5.74, 6) is 0.351. The summed E-state index contributed by atoms with van der Waals surface area (Å²) in [4.78, 5) is 14.1. The Hall–Kier alpha value is -1.75. The fourth-order valence-electron chi connectivity index (χ4n) is 2.72. The number of hydrogen-bond donors (Lipinski definition) is 2. The number of ether oxygens (including phenoxy) is 1. The van der Waals surface area contributed by atoms with Gasteiger partial charge in [0.25, 0.3) is 0 Å². The van der Waals surface area contributed by atoms with Gasteiger partial charge in [-0.05, 0) is 57.7 Å². The van der Waals surface area contributed by atoms with E-state index < -0.39 is 5.60 Å². The van der Waals surface area contributed by atoms with E-state index in [0.29, 0.717) is 5.75 Å². The van der Waals surface area contributed by atoms with E-state index in [1.807, 2.05) is 39.8 Å². The van der Waals surface area contributed by atoms with Gasteiger partial charge in [0, 0.05) is 25.7 Å². The first kappa shape index (κ1) is 17.6. The fraction of sp³-hybridized carbons (Fsp3) is 0.611. The summed E-state index contributed by atoms with van der Waals surface area (Å²) < 4.78 is 5.30. The molecule has 1 saturated heterocycles. The van der Waals surface area contributed by atoms with Crippen molar-refractivity contribution in [1.29, 1.82) is 0 Å². The average Bonchev–Trinajstić information content (AvgIpc) is 2.43. The Labute approximate surface area is 138 Å². The second kappa shape index (κ2) is 7.21. The molecule has 23 heavy (non-hydrogen) atoms. The number of amides is 1. The van der Waals surface area contributed by atoms with Gasteiger partial charge in [0.2, 0.25) is 0 Å². The fourth-order valence-corrected chi connectivity index (χ4v) is 2.72. The van der Waals surface area contributed by atoms with Gasteiger partial charge in [-0.25, -0.2) is 4.79 Å². The Morgan fingerprint density at radius 2 is 2.00 bits per heavy atom. The lowest BCUT2D eigenvalue weighted by atomic mass is 10.0. The molecule has 2 N–H and O–H groups in total. The van der Waals surface area contributed by atoms with Crippen LogP contribution in [0.25, 0.3) is 0 Å². The number of carbonyl (C=O) groups excluding carboxylic acids is 1. The molecule has 2 rings (SSSR count). The number of piperidine rings is 1. The van der Waals surface area contributed by atoms with Crippen LogP contribution in [0.3, 0.4) is 0 Å². The minimum absolute atomic E-state index is 0.174. The second-order valence-corrected chi connectivity index (χ2v) is 7.32. The number of aromatic hydroxyl groups is 1. The van der Waals surface area contributed by atoms with Crippen molar-refractivity contribution in [2.24, 2.45) is 0 Å². The molecule has 1 heterocycles. The van der Waals surface area contributed by atoms with Crippen LogP contribution in [0.5, 0.6) is 5.75 Å². The zero-order valence-electron chi connectivity index (χ0n) is 14.6. The first-order valence-corrected chi connectivity index (χ1v) is 8.23. The van der Waals surface area contributed by atoms with Gasteiger partial charge < -0.3 is 15.2 Å². The third-order valence-corrected chi connectivity index (χ3v) is 3.99. The lowest BCUT2D eigenvalue weighted by Crippen LogP contribution is -2.45. The average molecular weight is 320 g/mol. The molecule has 0 radical (unpaired) electrons. The number of likely N-dealkylation sites (tertiary alicyclic amines) is 1. The molecule has 1 aliphatic heterocycles. The maximum Gasteiger partial charge on any atom is 0.407 e. The Kier molecular flexibility index (Phi) is 5.52. The van der Waals surface area contributed by atoms with Gasteiger partial charge in [-0.1, -0.05) is 12.1 Å². The van der Waals surface area contributed by atoms with Crippen LogP contribution >= 0.6 is 0 Å². The molecule has 0 aromatic heterocycles. The van der Waals surface area contributed by atoms with Gasteiger partial charge in [-0.2, -0.15) is 0 Å². The highest BCUT2D eigenvalue weighted by atomic mass is 16.6. The first-order chi connectivity index (χ1) is 10.7. The minimum Gasteiger partial charge on any atom is -0.508 e. The van der Waals surface area contributed by atoms with Gasteiger partial charge in [0.15, 0.2) is 0 Å². The van der Waals surface area contributed by atoms with Gasteiger partial charge >= 0.3 is 6.09 Å². The van der Waals surface area contributed by atoms with Crippen molar-refractivity contribution in [2.45, 2.75) is 58.7 Å². The van der Waals surface area contributed by atoms with Crippen LogP contribution in [0.15, 0.2) is 18.2 Å². The molecule has 0 aliphatic carbocycles.